The van der Waals surface area contributed by atoms with E-state index in [0.717, 1.165) is 67.2 Å². The molecule has 182 valence electrons. The number of tetrazole rings is 1. The number of nitrogens with one attached hydrogen (secondary N) is 1. The van der Waals surface area contributed by atoms with E-state index in [-0.39, 0.29) is 17.7 Å². The summed E-state index contributed by atoms with van der Waals surface area (Å²) in [7, 11) is 0. The Hall–Kier alpha value is -3.55. The molecule has 1 saturated carbocycles. The van der Waals surface area contributed by atoms with Crippen molar-refractivity contribution in [3.05, 3.63) is 76.2 Å². The summed E-state index contributed by atoms with van der Waals surface area (Å²) in [5.41, 5.74) is 3.99. The van der Waals surface area contributed by atoms with E-state index in [9.17, 15) is 4.79 Å². The van der Waals surface area contributed by atoms with E-state index >= 15 is 4.39 Å². The number of rotatable bonds is 8. The van der Waals surface area contributed by atoms with Crippen molar-refractivity contribution in [3.8, 4) is 22.5 Å². The van der Waals surface area contributed by atoms with Gasteiger partial charge in [0.25, 0.3) is 0 Å². The number of aromatic nitrogens is 6. The molecule has 0 bridgehead atoms. The van der Waals surface area contributed by atoms with Gasteiger partial charge in [-0.1, -0.05) is 75.1 Å². The van der Waals surface area contributed by atoms with Gasteiger partial charge in [-0.25, -0.2) is 4.79 Å². The first-order valence-electron chi connectivity index (χ1n) is 12.6. The summed E-state index contributed by atoms with van der Waals surface area (Å²) in [6, 6.07) is 16.0. The van der Waals surface area contributed by atoms with Gasteiger partial charge in [-0.3, -0.25) is 9.13 Å². The SMILES string of the molecule is CCCCc1c(F)n(C2CCCCC2)c(=O)n1Cc1ccc(-c2ccccc2)c(-c2nn[nH]n2)c1. The van der Waals surface area contributed by atoms with E-state index in [2.05, 4.69) is 27.5 Å². The van der Waals surface area contributed by atoms with Crippen molar-refractivity contribution in [1.82, 2.24) is 29.8 Å². The summed E-state index contributed by atoms with van der Waals surface area (Å²) in [5, 5.41) is 14.6. The number of halogens is 1. The Morgan fingerprint density at radius 2 is 1.86 bits per heavy atom. The van der Waals surface area contributed by atoms with Gasteiger partial charge in [0, 0.05) is 11.6 Å². The van der Waals surface area contributed by atoms with Gasteiger partial charge in [-0.05, 0) is 53.7 Å². The van der Waals surface area contributed by atoms with Crippen molar-refractivity contribution in [2.45, 2.75) is 70.9 Å². The molecule has 0 unspecified atom stereocenters. The van der Waals surface area contributed by atoms with Crippen molar-refractivity contribution < 1.29 is 4.39 Å². The third-order valence-corrected chi connectivity index (χ3v) is 7.02. The molecule has 1 aliphatic carbocycles. The molecule has 8 heteroatoms. The third kappa shape index (κ3) is 4.70. The molecule has 0 amide bonds. The van der Waals surface area contributed by atoms with Crippen LogP contribution in [-0.4, -0.2) is 29.8 Å². The highest BCUT2D eigenvalue weighted by atomic mass is 19.1. The minimum atomic E-state index is -0.352. The molecule has 4 aromatic rings. The quantitative estimate of drug-likeness (QED) is 0.364. The molecule has 1 N–H and O–H groups in total. The lowest BCUT2D eigenvalue weighted by molar-refractivity contribution is 0.310. The molecule has 7 nitrogen and oxygen atoms in total. The predicted molar refractivity (Wildman–Crippen MR) is 134 cm³/mol. The zero-order valence-corrected chi connectivity index (χ0v) is 20.1. The lowest BCUT2D eigenvalue weighted by Gasteiger charge is -2.22. The summed E-state index contributed by atoms with van der Waals surface area (Å²) in [4.78, 5) is 13.5. The molecule has 5 rings (SSSR count). The first-order valence-corrected chi connectivity index (χ1v) is 12.6. The Morgan fingerprint density at radius 3 is 2.57 bits per heavy atom. The van der Waals surface area contributed by atoms with E-state index in [0.29, 0.717) is 24.5 Å². The van der Waals surface area contributed by atoms with Crippen LogP contribution >= 0.6 is 0 Å². The molecule has 2 aromatic carbocycles. The van der Waals surface area contributed by atoms with Crippen molar-refractivity contribution in [2.24, 2.45) is 0 Å². The van der Waals surface area contributed by atoms with Gasteiger partial charge in [-0.2, -0.15) is 9.60 Å². The second kappa shape index (κ2) is 10.4. The second-order valence-electron chi connectivity index (χ2n) is 9.35. The average molecular weight is 475 g/mol. The van der Waals surface area contributed by atoms with E-state index < -0.39 is 0 Å². The summed E-state index contributed by atoms with van der Waals surface area (Å²) in [6.45, 7) is 2.38. The van der Waals surface area contributed by atoms with Gasteiger partial charge in [0.15, 0.2) is 0 Å². The molecule has 0 saturated heterocycles. The molecule has 35 heavy (non-hydrogen) atoms. The van der Waals surface area contributed by atoms with E-state index in [1.165, 1.54) is 4.57 Å². The zero-order valence-electron chi connectivity index (χ0n) is 20.1. The Kier molecular flexibility index (Phi) is 6.88. The standard InChI is InChI=1S/C27H31FN6O/c1-2-3-14-24-25(28)34(21-12-8-5-9-13-21)27(35)33(24)18-19-15-16-22(20-10-6-4-7-11-20)23(17-19)26-29-31-32-30-26/h4,6-7,10-11,15-17,21H,2-3,5,8-9,12-14,18H2,1H3,(H,29,30,31,32). The van der Waals surface area contributed by atoms with Crippen molar-refractivity contribution in [3.63, 3.8) is 0 Å². The number of H-pyrrole nitrogens is 1. The Bertz CT molecular complexity index is 1320. The molecule has 1 aliphatic rings. The van der Waals surface area contributed by atoms with Crippen LogP contribution in [0.25, 0.3) is 22.5 Å². The molecule has 0 aliphatic heterocycles. The van der Waals surface area contributed by atoms with Gasteiger partial charge in [-0.15, -0.1) is 10.2 Å². The highest BCUT2D eigenvalue weighted by Gasteiger charge is 2.26. The minimum Gasteiger partial charge on any atom is -0.289 e. The normalized spacial score (nSPS) is 14.5. The molecule has 2 heterocycles. The van der Waals surface area contributed by atoms with Crippen LogP contribution in [0.2, 0.25) is 0 Å². The molecule has 1 fully saturated rings. The smallest absolute Gasteiger partial charge is 0.289 e. The summed E-state index contributed by atoms with van der Waals surface area (Å²) >= 11 is 0. The molecular weight excluding hydrogens is 443 g/mol. The summed E-state index contributed by atoms with van der Waals surface area (Å²) in [5.74, 6) is 0.129. The third-order valence-electron chi connectivity index (χ3n) is 7.02. The number of hydrogen-bond acceptors (Lipinski definition) is 4. The van der Waals surface area contributed by atoms with Crippen LogP contribution in [0.4, 0.5) is 4.39 Å². The predicted octanol–water partition coefficient (Wildman–Crippen LogP) is 5.53. The van der Waals surface area contributed by atoms with Crippen LogP contribution in [0.5, 0.6) is 0 Å². The monoisotopic (exact) mass is 474 g/mol. The Labute approximate surface area is 204 Å². The Balaban J connectivity index is 1.56. The minimum absolute atomic E-state index is 0.0479. The number of imidazole rings is 1. The van der Waals surface area contributed by atoms with Crippen LogP contribution in [-0.2, 0) is 13.0 Å². The second-order valence-corrected chi connectivity index (χ2v) is 9.35. The number of nitrogens with zero attached hydrogens (tertiary/aromatic N) is 5. The zero-order chi connectivity index (χ0) is 24.2. The van der Waals surface area contributed by atoms with Crippen LogP contribution in [0, 0.1) is 5.95 Å². The summed E-state index contributed by atoms with van der Waals surface area (Å²) in [6.07, 6.45) is 7.30. The summed E-state index contributed by atoms with van der Waals surface area (Å²) < 4.78 is 18.7. The Morgan fingerprint density at radius 1 is 1.06 bits per heavy atom. The topological polar surface area (TPSA) is 81.4 Å². The van der Waals surface area contributed by atoms with Crippen LogP contribution in [0.3, 0.4) is 0 Å². The lowest BCUT2D eigenvalue weighted by atomic mass is 9.95. The first kappa shape index (κ1) is 23.2. The first-order chi connectivity index (χ1) is 17.2. The largest absolute Gasteiger partial charge is 0.331 e. The lowest BCUT2D eigenvalue weighted by Crippen LogP contribution is -2.30. The van der Waals surface area contributed by atoms with Gasteiger partial charge < -0.3 is 0 Å². The maximum absolute atomic E-state index is 15.7. The maximum atomic E-state index is 15.7. The maximum Gasteiger partial charge on any atom is 0.331 e. The molecule has 2 aromatic heterocycles. The number of unbranched alkanes of at least 4 members (excludes halogenated alkanes) is 1. The van der Waals surface area contributed by atoms with Crippen molar-refractivity contribution in [2.75, 3.05) is 0 Å². The van der Waals surface area contributed by atoms with E-state index in [4.69, 9.17) is 0 Å². The van der Waals surface area contributed by atoms with Crippen molar-refractivity contribution in [1.29, 1.82) is 0 Å². The number of aromatic amines is 1. The highest BCUT2D eigenvalue weighted by Crippen LogP contribution is 2.32. The van der Waals surface area contributed by atoms with Gasteiger partial charge >= 0.3 is 5.69 Å². The van der Waals surface area contributed by atoms with Crippen molar-refractivity contribution >= 4 is 0 Å². The fourth-order valence-corrected chi connectivity index (χ4v) is 5.18. The number of hydrogen-bond donors (Lipinski definition) is 1. The van der Waals surface area contributed by atoms with Gasteiger partial charge in [0.2, 0.25) is 11.8 Å². The fraction of sp³-hybridized carbons (Fsp3) is 0.407. The molecule has 0 radical (unpaired) electrons. The molecule has 0 atom stereocenters. The van der Waals surface area contributed by atoms with Crippen LogP contribution < -0.4 is 5.69 Å². The van der Waals surface area contributed by atoms with E-state index in [1.54, 1.807) is 4.57 Å². The van der Waals surface area contributed by atoms with Gasteiger partial charge in [0.05, 0.1) is 12.2 Å². The van der Waals surface area contributed by atoms with Crippen LogP contribution in [0.15, 0.2) is 53.3 Å². The van der Waals surface area contributed by atoms with Gasteiger partial charge in [0.1, 0.15) is 0 Å². The molecule has 0 spiro atoms. The molecular formula is C27H31FN6O. The van der Waals surface area contributed by atoms with E-state index in [1.807, 2.05) is 48.5 Å². The fourth-order valence-electron chi connectivity index (χ4n) is 5.18. The average Bonchev–Trinajstić information content (AvgIpc) is 3.51. The van der Waals surface area contributed by atoms with Crippen LogP contribution in [0.1, 0.15) is 69.2 Å². The number of benzene rings is 2. The highest BCUT2D eigenvalue weighted by molar-refractivity contribution is 5.80.